The molecule has 1 aliphatic rings. The molecule has 0 saturated carbocycles. The van der Waals surface area contributed by atoms with Crippen LogP contribution in [-0.4, -0.2) is 67.1 Å². The molecular weight excluding hydrogens is 484 g/mol. The van der Waals surface area contributed by atoms with Crippen LogP contribution in [-0.2, 0) is 38.1 Å². The van der Waals surface area contributed by atoms with Crippen LogP contribution >= 0.6 is 0 Å². The van der Waals surface area contributed by atoms with E-state index in [4.69, 9.17) is 28.4 Å². The summed E-state index contributed by atoms with van der Waals surface area (Å²) in [6, 6.07) is 17.4. The molecule has 6 atom stereocenters. The van der Waals surface area contributed by atoms with Crippen molar-refractivity contribution in [1.29, 1.82) is 0 Å². The molecule has 1 saturated heterocycles. The molecule has 37 heavy (non-hydrogen) atoms. The average molecular weight is 513 g/mol. The quantitative estimate of drug-likeness (QED) is 0.218. The van der Waals surface area contributed by atoms with Crippen LogP contribution in [0.25, 0.3) is 21.5 Å². The van der Waals surface area contributed by atoms with Gasteiger partial charge in [-0.2, -0.15) is 0 Å². The number of carbonyl (C=O) groups excluding carboxylic acids is 3. The van der Waals surface area contributed by atoms with Gasteiger partial charge in [0, 0.05) is 13.8 Å². The maximum Gasteiger partial charge on any atom is 0.339 e. The zero-order chi connectivity index (χ0) is 26.7. The number of carbonyl (C=O) groups is 3. The van der Waals surface area contributed by atoms with Crippen molar-refractivity contribution in [3.8, 4) is 5.75 Å². The standard InChI is InChI=1S/C27H28O10/c1-14(28)33-22-23(34-15(2)29)25(35-16(3)30)27(37-24(22)26(31)32-4)36-21-10-9-19-11-17-7-5-6-8-18(17)12-20(19)13-21/h5-13,15,22-25,27,29H,1-4H3. The summed E-state index contributed by atoms with van der Waals surface area (Å²) in [6.45, 7) is 3.63. The first-order chi connectivity index (χ1) is 17.7. The van der Waals surface area contributed by atoms with Crippen molar-refractivity contribution in [2.24, 2.45) is 0 Å². The summed E-state index contributed by atoms with van der Waals surface area (Å²) in [5, 5.41) is 14.0. The first-order valence-corrected chi connectivity index (χ1v) is 11.7. The summed E-state index contributed by atoms with van der Waals surface area (Å²) < 4.78 is 33.1. The summed E-state index contributed by atoms with van der Waals surface area (Å²) in [5.74, 6) is -1.96. The van der Waals surface area contributed by atoms with Gasteiger partial charge in [0.2, 0.25) is 6.29 Å². The average Bonchev–Trinajstić information content (AvgIpc) is 2.84. The number of ether oxygens (including phenoxy) is 6. The van der Waals surface area contributed by atoms with Gasteiger partial charge in [0.1, 0.15) is 11.9 Å². The van der Waals surface area contributed by atoms with Crippen molar-refractivity contribution in [2.75, 3.05) is 7.11 Å². The Bertz CT molecular complexity index is 1300. The van der Waals surface area contributed by atoms with E-state index in [0.29, 0.717) is 5.75 Å². The van der Waals surface area contributed by atoms with Crippen LogP contribution in [0.5, 0.6) is 5.75 Å². The van der Waals surface area contributed by atoms with Gasteiger partial charge in [-0.1, -0.05) is 30.3 Å². The number of methoxy groups -OCH3 is 1. The van der Waals surface area contributed by atoms with Crippen molar-refractivity contribution in [2.45, 2.75) is 57.8 Å². The number of aliphatic hydroxyl groups excluding tert-OH is 1. The summed E-state index contributed by atoms with van der Waals surface area (Å²) in [6.07, 6.45) is -8.26. The Morgan fingerprint density at radius 2 is 1.43 bits per heavy atom. The summed E-state index contributed by atoms with van der Waals surface area (Å²) in [4.78, 5) is 36.4. The second kappa shape index (κ2) is 11.1. The SMILES string of the molecule is COC(=O)C1OC(Oc2ccc3cc4ccccc4cc3c2)C(OC(C)=O)C(OC(C)O)C1OC(C)=O. The Morgan fingerprint density at radius 3 is 2.03 bits per heavy atom. The van der Waals surface area contributed by atoms with Gasteiger partial charge in [0.25, 0.3) is 0 Å². The van der Waals surface area contributed by atoms with Crippen LogP contribution in [0, 0.1) is 0 Å². The van der Waals surface area contributed by atoms with Crippen LogP contribution in [0.15, 0.2) is 54.6 Å². The van der Waals surface area contributed by atoms with E-state index in [2.05, 4.69) is 6.07 Å². The van der Waals surface area contributed by atoms with Gasteiger partial charge in [-0.15, -0.1) is 0 Å². The highest BCUT2D eigenvalue weighted by atomic mass is 16.7. The molecule has 6 unspecified atom stereocenters. The molecule has 1 heterocycles. The summed E-state index contributed by atoms with van der Waals surface area (Å²) in [5.41, 5.74) is 0. The molecule has 196 valence electrons. The van der Waals surface area contributed by atoms with E-state index in [1.807, 2.05) is 36.4 Å². The normalized spacial score (nSPS) is 24.3. The molecule has 1 N–H and O–H groups in total. The molecule has 0 radical (unpaired) electrons. The monoisotopic (exact) mass is 512 g/mol. The largest absolute Gasteiger partial charge is 0.467 e. The molecule has 10 nitrogen and oxygen atoms in total. The van der Waals surface area contributed by atoms with Gasteiger partial charge < -0.3 is 33.5 Å². The molecule has 3 aromatic rings. The highest BCUT2D eigenvalue weighted by Gasteiger charge is 2.55. The van der Waals surface area contributed by atoms with E-state index in [1.165, 1.54) is 13.8 Å². The third kappa shape index (κ3) is 5.99. The lowest BCUT2D eigenvalue weighted by atomic mass is 9.97. The first-order valence-electron chi connectivity index (χ1n) is 11.7. The highest BCUT2D eigenvalue weighted by molar-refractivity contribution is 5.98. The van der Waals surface area contributed by atoms with Crippen LogP contribution < -0.4 is 4.74 Å². The summed E-state index contributed by atoms with van der Waals surface area (Å²) in [7, 11) is 1.14. The molecule has 1 aliphatic heterocycles. The van der Waals surface area contributed by atoms with E-state index in [9.17, 15) is 19.5 Å². The number of benzene rings is 3. The topological polar surface area (TPSA) is 127 Å². The van der Waals surface area contributed by atoms with Crippen LogP contribution in [0.2, 0.25) is 0 Å². The highest BCUT2D eigenvalue weighted by Crippen LogP contribution is 2.33. The Balaban J connectivity index is 1.73. The fourth-order valence-electron chi connectivity index (χ4n) is 4.36. The lowest BCUT2D eigenvalue weighted by molar-refractivity contribution is -0.303. The first kappa shape index (κ1) is 26.3. The predicted molar refractivity (Wildman–Crippen MR) is 130 cm³/mol. The minimum Gasteiger partial charge on any atom is -0.467 e. The number of hydrogen-bond acceptors (Lipinski definition) is 10. The van der Waals surface area contributed by atoms with Gasteiger partial charge in [0.15, 0.2) is 24.6 Å². The Kier molecular flexibility index (Phi) is 7.91. The molecule has 10 heteroatoms. The second-order valence-corrected chi connectivity index (χ2v) is 8.62. The number of esters is 3. The molecule has 4 rings (SSSR count). The van der Waals surface area contributed by atoms with Crippen molar-refractivity contribution >= 4 is 39.5 Å². The number of aliphatic hydroxyl groups is 1. The third-order valence-corrected chi connectivity index (χ3v) is 5.82. The van der Waals surface area contributed by atoms with E-state index >= 15 is 0 Å². The van der Waals surface area contributed by atoms with Crippen molar-refractivity contribution in [1.82, 2.24) is 0 Å². The lowest BCUT2D eigenvalue weighted by Gasteiger charge is -2.43. The molecule has 1 fully saturated rings. The smallest absolute Gasteiger partial charge is 0.339 e. The zero-order valence-electron chi connectivity index (χ0n) is 20.8. The van der Waals surface area contributed by atoms with Crippen molar-refractivity contribution < 1.29 is 47.9 Å². The molecule has 3 aromatic carbocycles. The van der Waals surface area contributed by atoms with Crippen LogP contribution in [0.3, 0.4) is 0 Å². The molecule has 0 aliphatic carbocycles. The molecule has 0 amide bonds. The molecule has 0 spiro atoms. The summed E-state index contributed by atoms with van der Waals surface area (Å²) >= 11 is 0. The maximum absolute atomic E-state index is 12.6. The Morgan fingerprint density at radius 1 is 0.838 bits per heavy atom. The minimum absolute atomic E-state index is 0.357. The Hall–Kier alpha value is -3.73. The minimum atomic E-state index is -1.49. The van der Waals surface area contributed by atoms with Gasteiger partial charge in [-0.25, -0.2) is 4.79 Å². The maximum atomic E-state index is 12.6. The van der Waals surface area contributed by atoms with E-state index in [-0.39, 0.29) is 0 Å². The van der Waals surface area contributed by atoms with Gasteiger partial charge >= 0.3 is 17.9 Å². The van der Waals surface area contributed by atoms with E-state index < -0.39 is 54.9 Å². The fraction of sp³-hybridized carbons (Fsp3) is 0.370. The van der Waals surface area contributed by atoms with Crippen LogP contribution in [0.1, 0.15) is 20.8 Å². The zero-order valence-corrected chi connectivity index (χ0v) is 20.8. The number of fused-ring (bicyclic) bond motifs is 2. The van der Waals surface area contributed by atoms with Crippen molar-refractivity contribution in [3.05, 3.63) is 54.6 Å². The fourth-order valence-corrected chi connectivity index (χ4v) is 4.36. The number of hydrogen-bond donors (Lipinski definition) is 1. The molecular formula is C27H28O10. The van der Waals surface area contributed by atoms with Crippen LogP contribution in [0.4, 0.5) is 0 Å². The van der Waals surface area contributed by atoms with Crippen molar-refractivity contribution in [3.63, 3.8) is 0 Å². The molecule has 0 aromatic heterocycles. The van der Waals surface area contributed by atoms with E-state index in [1.54, 1.807) is 12.1 Å². The van der Waals surface area contributed by atoms with Gasteiger partial charge in [-0.3, -0.25) is 9.59 Å². The Labute approximate surface area is 212 Å². The number of rotatable bonds is 7. The van der Waals surface area contributed by atoms with E-state index in [0.717, 1.165) is 35.6 Å². The van der Waals surface area contributed by atoms with Gasteiger partial charge in [-0.05, 0) is 52.7 Å². The van der Waals surface area contributed by atoms with Gasteiger partial charge in [0.05, 0.1) is 7.11 Å². The molecule has 0 bridgehead atoms. The third-order valence-electron chi connectivity index (χ3n) is 5.82. The second-order valence-electron chi connectivity index (χ2n) is 8.62. The lowest BCUT2D eigenvalue weighted by Crippen LogP contribution is -2.64. The predicted octanol–water partition coefficient (Wildman–Crippen LogP) is 2.86.